The van der Waals surface area contributed by atoms with Gasteiger partial charge < -0.3 is 0 Å². The zero-order valence-corrected chi connectivity index (χ0v) is 9.49. The lowest BCUT2D eigenvalue weighted by Crippen LogP contribution is -1.89. The van der Waals surface area contributed by atoms with Gasteiger partial charge in [-0.2, -0.15) is 0 Å². The van der Waals surface area contributed by atoms with Crippen LogP contribution in [0.25, 0.3) is 5.57 Å². The Kier molecular flexibility index (Phi) is 2.83. The SMILES string of the molecule is IC1=C(c2ccccc2)CCC=C1. The van der Waals surface area contributed by atoms with Crippen molar-refractivity contribution in [1.29, 1.82) is 0 Å². The van der Waals surface area contributed by atoms with E-state index in [2.05, 4.69) is 65.1 Å². The fraction of sp³-hybridized carbons (Fsp3) is 0.167. The van der Waals surface area contributed by atoms with E-state index in [1.165, 1.54) is 27.6 Å². The van der Waals surface area contributed by atoms with Gasteiger partial charge in [0, 0.05) is 3.58 Å². The van der Waals surface area contributed by atoms with Gasteiger partial charge in [0.05, 0.1) is 0 Å². The van der Waals surface area contributed by atoms with Gasteiger partial charge in [-0.15, -0.1) is 0 Å². The van der Waals surface area contributed by atoms with Crippen LogP contribution in [0.2, 0.25) is 0 Å². The molecule has 0 spiro atoms. The molecule has 0 N–H and O–H groups in total. The van der Waals surface area contributed by atoms with Crippen molar-refractivity contribution in [3.8, 4) is 0 Å². The molecule has 0 radical (unpaired) electrons. The third-order valence-electron chi connectivity index (χ3n) is 2.24. The Morgan fingerprint density at radius 2 is 1.85 bits per heavy atom. The number of allylic oxidation sites excluding steroid dienone is 4. The molecule has 2 rings (SSSR count). The van der Waals surface area contributed by atoms with E-state index in [9.17, 15) is 0 Å². The van der Waals surface area contributed by atoms with Crippen molar-refractivity contribution in [3.63, 3.8) is 0 Å². The molecular weight excluding hydrogens is 271 g/mol. The molecule has 0 saturated heterocycles. The molecule has 0 heterocycles. The maximum absolute atomic E-state index is 2.42. The van der Waals surface area contributed by atoms with Gasteiger partial charge in [0.1, 0.15) is 0 Å². The molecule has 0 fully saturated rings. The van der Waals surface area contributed by atoms with Crippen molar-refractivity contribution in [1.82, 2.24) is 0 Å². The molecule has 0 amide bonds. The standard InChI is InChI=1S/C12H11I/c13-12-9-5-4-8-11(12)10-6-2-1-3-7-10/h1-3,5-7,9H,4,8H2. The van der Waals surface area contributed by atoms with Crippen LogP contribution in [0.15, 0.2) is 46.1 Å². The van der Waals surface area contributed by atoms with E-state index in [4.69, 9.17) is 0 Å². The summed E-state index contributed by atoms with van der Waals surface area (Å²) in [6.07, 6.45) is 6.82. The van der Waals surface area contributed by atoms with Gasteiger partial charge in [0.15, 0.2) is 0 Å². The maximum Gasteiger partial charge on any atom is 0.0165 e. The fourth-order valence-electron chi connectivity index (χ4n) is 1.56. The van der Waals surface area contributed by atoms with Crippen molar-refractivity contribution in [2.24, 2.45) is 0 Å². The lowest BCUT2D eigenvalue weighted by atomic mass is 9.98. The van der Waals surface area contributed by atoms with Crippen molar-refractivity contribution in [2.45, 2.75) is 12.8 Å². The van der Waals surface area contributed by atoms with Crippen molar-refractivity contribution < 1.29 is 0 Å². The smallest absolute Gasteiger partial charge is 0.0165 e. The van der Waals surface area contributed by atoms with Gasteiger partial charge in [-0.1, -0.05) is 42.5 Å². The largest absolute Gasteiger partial charge is 0.0831 e. The predicted molar refractivity (Wildman–Crippen MR) is 65.8 cm³/mol. The molecule has 0 aromatic heterocycles. The highest BCUT2D eigenvalue weighted by atomic mass is 127. The molecule has 0 aliphatic heterocycles. The quantitative estimate of drug-likeness (QED) is 0.678. The number of hydrogen-bond acceptors (Lipinski definition) is 0. The van der Waals surface area contributed by atoms with E-state index in [-0.39, 0.29) is 0 Å². The molecule has 0 atom stereocenters. The summed E-state index contributed by atoms with van der Waals surface area (Å²) in [5.41, 5.74) is 2.86. The Hall–Kier alpha value is -0.570. The normalized spacial score (nSPS) is 16.4. The molecule has 13 heavy (non-hydrogen) atoms. The highest BCUT2D eigenvalue weighted by Crippen LogP contribution is 2.31. The zero-order valence-electron chi connectivity index (χ0n) is 7.33. The van der Waals surface area contributed by atoms with E-state index in [1.807, 2.05) is 0 Å². The molecule has 1 aromatic rings. The van der Waals surface area contributed by atoms with Gasteiger partial charge >= 0.3 is 0 Å². The monoisotopic (exact) mass is 282 g/mol. The first kappa shape index (κ1) is 9.00. The van der Waals surface area contributed by atoms with Crippen molar-refractivity contribution >= 4 is 28.2 Å². The van der Waals surface area contributed by atoms with E-state index >= 15 is 0 Å². The average molecular weight is 282 g/mol. The Morgan fingerprint density at radius 3 is 2.54 bits per heavy atom. The molecule has 0 saturated carbocycles. The number of halogens is 1. The molecule has 66 valence electrons. The predicted octanol–water partition coefficient (Wildman–Crippen LogP) is 4.18. The minimum Gasteiger partial charge on any atom is -0.0831 e. The number of rotatable bonds is 1. The van der Waals surface area contributed by atoms with Crippen LogP contribution in [0.3, 0.4) is 0 Å². The van der Waals surface area contributed by atoms with Gasteiger partial charge in [0.2, 0.25) is 0 Å². The third kappa shape index (κ3) is 2.02. The van der Waals surface area contributed by atoms with Crippen LogP contribution in [0.1, 0.15) is 18.4 Å². The molecule has 0 nitrogen and oxygen atoms in total. The van der Waals surface area contributed by atoms with Crippen LogP contribution >= 0.6 is 22.6 Å². The number of benzene rings is 1. The highest BCUT2D eigenvalue weighted by Gasteiger charge is 2.07. The Balaban J connectivity index is 2.41. The van der Waals surface area contributed by atoms with Gasteiger partial charge in [-0.05, 0) is 46.6 Å². The first-order valence-corrected chi connectivity index (χ1v) is 5.56. The van der Waals surface area contributed by atoms with Crippen LogP contribution < -0.4 is 0 Å². The number of hydrogen-bond donors (Lipinski definition) is 0. The minimum absolute atomic E-state index is 1.18. The summed E-state index contributed by atoms with van der Waals surface area (Å²) in [5, 5.41) is 0. The molecule has 1 aromatic carbocycles. The van der Waals surface area contributed by atoms with E-state index in [1.54, 1.807) is 0 Å². The second-order valence-corrected chi connectivity index (χ2v) is 4.30. The Bertz CT molecular complexity index is 347. The van der Waals surface area contributed by atoms with Gasteiger partial charge in [0.25, 0.3) is 0 Å². The molecular formula is C12H11I. The van der Waals surface area contributed by atoms with Crippen LogP contribution in [-0.4, -0.2) is 0 Å². The van der Waals surface area contributed by atoms with Crippen LogP contribution in [0, 0.1) is 0 Å². The topological polar surface area (TPSA) is 0 Å². The van der Waals surface area contributed by atoms with Crippen molar-refractivity contribution in [2.75, 3.05) is 0 Å². The summed E-state index contributed by atoms with van der Waals surface area (Å²) >= 11 is 2.42. The fourth-order valence-corrected chi connectivity index (χ4v) is 2.39. The summed E-state index contributed by atoms with van der Waals surface area (Å²) in [5.74, 6) is 0. The third-order valence-corrected chi connectivity index (χ3v) is 3.25. The molecule has 0 unspecified atom stereocenters. The minimum atomic E-state index is 1.18. The summed E-state index contributed by atoms with van der Waals surface area (Å²) in [4.78, 5) is 0. The summed E-state index contributed by atoms with van der Waals surface area (Å²) in [6, 6.07) is 10.6. The Labute approximate surface area is 92.5 Å². The van der Waals surface area contributed by atoms with Crippen molar-refractivity contribution in [3.05, 3.63) is 51.6 Å². The molecule has 1 aliphatic rings. The Morgan fingerprint density at radius 1 is 1.08 bits per heavy atom. The summed E-state index contributed by atoms with van der Waals surface area (Å²) in [7, 11) is 0. The lowest BCUT2D eigenvalue weighted by Gasteiger charge is -2.11. The second-order valence-electron chi connectivity index (χ2n) is 3.13. The van der Waals surface area contributed by atoms with E-state index in [0.29, 0.717) is 0 Å². The summed E-state index contributed by atoms with van der Waals surface area (Å²) < 4.78 is 1.38. The van der Waals surface area contributed by atoms with E-state index in [0.717, 1.165) is 0 Å². The lowest BCUT2D eigenvalue weighted by molar-refractivity contribution is 1.05. The first-order chi connectivity index (χ1) is 6.38. The average Bonchev–Trinajstić information content (AvgIpc) is 2.20. The summed E-state index contributed by atoms with van der Waals surface area (Å²) in [6.45, 7) is 0. The van der Waals surface area contributed by atoms with Crippen LogP contribution in [0.5, 0.6) is 0 Å². The van der Waals surface area contributed by atoms with Gasteiger partial charge in [-0.25, -0.2) is 0 Å². The van der Waals surface area contributed by atoms with Crippen LogP contribution in [-0.2, 0) is 0 Å². The second kappa shape index (κ2) is 4.09. The molecule has 1 heteroatoms. The molecule has 0 bridgehead atoms. The van der Waals surface area contributed by atoms with Gasteiger partial charge in [-0.3, -0.25) is 0 Å². The van der Waals surface area contributed by atoms with E-state index < -0.39 is 0 Å². The first-order valence-electron chi connectivity index (χ1n) is 4.48. The molecule has 1 aliphatic carbocycles. The highest BCUT2D eigenvalue weighted by molar-refractivity contribution is 14.1. The zero-order chi connectivity index (χ0) is 9.10. The maximum atomic E-state index is 2.42. The van der Waals surface area contributed by atoms with Crippen LogP contribution in [0.4, 0.5) is 0 Å².